The van der Waals surface area contributed by atoms with Crippen LogP contribution in [0.5, 0.6) is 0 Å². The Morgan fingerprint density at radius 1 is 1.07 bits per heavy atom. The summed E-state index contributed by atoms with van der Waals surface area (Å²) in [6.07, 6.45) is 1.40. The predicted molar refractivity (Wildman–Crippen MR) is 109 cm³/mol. The highest BCUT2D eigenvalue weighted by Gasteiger charge is 2.18. The molecule has 0 aliphatic rings. The second-order valence-electron chi connectivity index (χ2n) is 6.87. The highest BCUT2D eigenvalue weighted by atomic mass is 16.6. The summed E-state index contributed by atoms with van der Waals surface area (Å²) in [4.78, 5) is 34.3. The van der Waals surface area contributed by atoms with Crippen molar-refractivity contribution in [2.45, 2.75) is 72.1 Å². The van der Waals surface area contributed by atoms with Gasteiger partial charge in [0, 0.05) is 6.54 Å². The molecule has 0 fully saturated rings. The van der Waals surface area contributed by atoms with Crippen molar-refractivity contribution in [2.75, 3.05) is 6.54 Å². The van der Waals surface area contributed by atoms with Crippen LogP contribution in [0, 0.1) is 0 Å². The number of unbranched alkanes of at least 4 members (excludes halogenated alkanes) is 1. The Morgan fingerprint density at radius 3 is 2.29 bits per heavy atom. The van der Waals surface area contributed by atoms with Crippen molar-refractivity contribution in [1.82, 2.24) is 10.6 Å². The lowest BCUT2D eigenvalue weighted by Crippen LogP contribution is -2.40. The third-order valence-electron chi connectivity index (χ3n) is 3.29. The summed E-state index contributed by atoms with van der Waals surface area (Å²) >= 11 is 0. The maximum atomic E-state index is 11.6. The number of nitrogens with one attached hydrogen (secondary N) is 2. The molecule has 0 heterocycles. The van der Waals surface area contributed by atoms with E-state index in [0.717, 1.165) is 5.56 Å². The standard InChI is InChI=1S/C19H28N2O5.C2H6/c1-19(2,3)26-18(24)21-16(13-22)11-7-8-12-20-17(23)25-14-15-9-5-4-6-10-15;1-2/h4-6,9-10,13,16H,7-8,11-12,14H2,1-3H3,(H,20,23)(H,21,24);1-2H3. The predicted octanol–water partition coefficient (Wildman–Crippen LogP) is 4.20. The Balaban J connectivity index is 0.00000352. The summed E-state index contributed by atoms with van der Waals surface area (Å²) in [5.74, 6) is 0. The minimum atomic E-state index is -0.614. The molecule has 158 valence electrons. The van der Waals surface area contributed by atoms with E-state index in [9.17, 15) is 14.4 Å². The molecule has 1 atom stereocenters. The van der Waals surface area contributed by atoms with Crippen molar-refractivity contribution >= 4 is 18.5 Å². The van der Waals surface area contributed by atoms with Crippen LogP contribution in [0.25, 0.3) is 0 Å². The van der Waals surface area contributed by atoms with Crippen molar-refractivity contribution in [2.24, 2.45) is 0 Å². The molecule has 1 aromatic rings. The van der Waals surface area contributed by atoms with Crippen LogP contribution in [-0.2, 0) is 20.9 Å². The molecule has 1 unspecified atom stereocenters. The molecule has 7 heteroatoms. The molecule has 1 aromatic carbocycles. The second-order valence-corrected chi connectivity index (χ2v) is 6.87. The first kappa shape index (κ1) is 25.4. The third-order valence-corrected chi connectivity index (χ3v) is 3.29. The van der Waals surface area contributed by atoms with Gasteiger partial charge in [-0.15, -0.1) is 0 Å². The molecule has 0 aliphatic heterocycles. The van der Waals surface area contributed by atoms with Gasteiger partial charge in [0.15, 0.2) is 0 Å². The normalized spacial score (nSPS) is 11.3. The maximum Gasteiger partial charge on any atom is 0.408 e. The van der Waals surface area contributed by atoms with Crippen molar-refractivity contribution in [3.05, 3.63) is 35.9 Å². The van der Waals surface area contributed by atoms with Crippen LogP contribution in [0.2, 0.25) is 0 Å². The van der Waals surface area contributed by atoms with E-state index >= 15 is 0 Å². The van der Waals surface area contributed by atoms with Crippen LogP contribution >= 0.6 is 0 Å². The Hall–Kier alpha value is -2.57. The van der Waals surface area contributed by atoms with Gasteiger partial charge < -0.3 is 24.9 Å². The van der Waals surface area contributed by atoms with Crippen molar-refractivity contribution in [3.63, 3.8) is 0 Å². The lowest BCUT2D eigenvalue weighted by Gasteiger charge is -2.21. The molecule has 0 saturated heterocycles. The highest BCUT2D eigenvalue weighted by Crippen LogP contribution is 2.07. The van der Waals surface area contributed by atoms with Crippen LogP contribution in [0.1, 0.15) is 59.4 Å². The average Bonchev–Trinajstić information content (AvgIpc) is 2.66. The fourth-order valence-electron chi connectivity index (χ4n) is 2.09. The van der Waals surface area contributed by atoms with Gasteiger partial charge in [-0.3, -0.25) is 0 Å². The Labute approximate surface area is 168 Å². The topological polar surface area (TPSA) is 93.7 Å². The Kier molecular flexibility index (Phi) is 13.2. The zero-order chi connectivity index (χ0) is 21.4. The maximum absolute atomic E-state index is 11.6. The van der Waals surface area contributed by atoms with E-state index in [0.29, 0.717) is 32.1 Å². The zero-order valence-corrected chi connectivity index (χ0v) is 17.6. The van der Waals surface area contributed by atoms with Crippen LogP contribution in [-0.4, -0.2) is 36.7 Å². The van der Waals surface area contributed by atoms with Gasteiger partial charge in [-0.1, -0.05) is 44.2 Å². The molecule has 0 aliphatic carbocycles. The number of ether oxygens (including phenoxy) is 2. The molecule has 7 nitrogen and oxygen atoms in total. The summed E-state index contributed by atoms with van der Waals surface area (Å²) in [6, 6.07) is 8.81. The minimum absolute atomic E-state index is 0.222. The molecule has 0 saturated carbocycles. The largest absolute Gasteiger partial charge is 0.445 e. The lowest BCUT2D eigenvalue weighted by atomic mass is 10.1. The fourth-order valence-corrected chi connectivity index (χ4v) is 2.09. The molecular formula is C21H34N2O5. The number of benzene rings is 1. The van der Waals surface area contributed by atoms with Crippen LogP contribution in [0.3, 0.4) is 0 Å². The average molecular weight is 395 g/mol. The number of carbonyl (C=O) groups excluding carboxylic acids is 3. The van der Waals surface area contributed by atoms with Gasteiger partial charge in [-0.25, -0.2) is 9.59 Å². The molecular weight excluding hydrogens is 360 g/mol. The number of rotatable bonds is 9. The summed E-state index contributed by atoms with van der Waals surface area (Å²) in [6.45, 7) is 9.92. The number of hydrogen-bond acceptors (Lipinski definition) is 5. The summed E-state index contributed by atoms with van der Waals surface area (Å²) in [5.41, 5.74) is 0.311. The van der Waals surface area contributed by atoms with E-state index < -0.39 is 23.8 Å². The van der Waals surface area contributed by atoms with Gasteiger partial charge in [-0.2, -0.15) is 0 Å². The van der Waals surface area contributed by atoms with E-state index in [2.05, 4.69) is 10.6 Å². The minimum Gasteiger partial charge on any atom is -0.445 e. The first-order valence-electron chi connectivity index (χ1n) is 9.69. The molecule has 2 amide bonds. The number of aldehydes is 1. The van der Waals surface area contributed by atoms with Crippen LogP contribution in [0.4, 0.5) is 9.59 Å². The zero-order valence-electron chi connectivity index (χ0n) is 17.6. The highest BCUT2D eigenvalue weighted by molar-refractivity contribution is 5.73. The van der Waals surface area contributed by atoms with Gasteiger partial charge in [0.05, 0.1) is 6.04 Å². The molecule has 0 spiro atoms. The van der Waals surface area contributed by atoms with Crippen LogP contribution in [0.15, 0.2) is 30.3 Å². The number of alkyl carbamates (subject to hydrolysis) is 2. The fraction of sp³-hybridized carbons (Fsp3) is 0.571. The Bertz CT molecular complexity index is 570. The second kappa shape index (κ2) is 14.5. The first-order chi connectivity index (χ1) is 13.3. The number of amides is 2. The quantitative estimate of drug-likeness (QED) is 0.483. The number of carbonyl (C=O) groups is 3. The van der Waals surface area contributed by atoms with E-state index in [1.165, 1.54) is 0 Å². The monoisotopic (exact) mass is 394 g/mol. The molecule has 2 N–H and O–H groups in total. The van der Waals surface area contributed by atoms with E-state index in [1.54, 1.807) is 20.8 Å². The Morgan fingerprint density at radius 2 is 1.71 bits per heavy atom. The summed E-state index contributed by atoms with van der Waals surface area (Å²) < 4.78 is 10.2. The third kappa shape index (κ3) is 13.6. The molecule has 0 aromatic heterocycles. The summed E-state index contributed by atoms with van der Waals surface area (Å²) in [5, 5.41) is 5.18. The molecule has 0 bridgehead atoms. The van der Waals surface area contributed by atoms with Gasteiger partial charge in [0.25, 0.3) is 0 Å². The van der Waals surface area contributed by atoms with E-state index in [-0.39, 0.29) is 6.61 Å². The van der Waals surface area contributed by atoms with Gasteiger partial charge in [0.1, 0.15) is 18.5 Å². The molecule has 1 rings (SSSR count). The van der Waals surface area contributed by atoms with Crippen molar-refractivity contribution < 1.29 is 23.9 Å². The smallest absolute Gasteiger partial charge is 0.408 e. The van der Waals surface area contributed by atoms with Crippen molar-refractivity contribution in [1.29, 1.82) is 0 Å². The lowest BCUT2D eigenvalue weighted by molar-refractivity contribution is -0.109. The van der Waals surface area contributed by atoms with Gasteiger partial charge in [0.2, 0.25) is 0 Å². The molecule has 28 heavy (non-hydrogen) atoms. The SMILES string of the molecule is CC.CC(C)(C)OC(=O)NC(C=O)CCCCNC(=O)OCc1ccccc1. The van der Waals surface area contributed by atoms with E-state index in [4.69, 9.17) is 9.47 Å². The molecule has 0 radical (unpaired) electrons. The van der Waals surface area contributed by atoms with E-state index in [1.807, 2.05) is 44.2 Å². The van der Waals surface area contributed by atoms with Gasteiger partial charge >= 0.3 is 12.2 Å². The van der Waals surface area contributed by atoms with Gasteiger partial charge in [-0.05, 0) is 45.6 Å². The first-order valence-corrected chi connectivity index (χ1v) is 9.69. The number of hydrogen-bond donors (Lipinski definition) is 2. The van der Waals surface area contributed by atoms with Crippen LogP contribution < -0.4 is 10.6 Å². The van der Waals surface area contributed by atoms with Crippen molar-refractivity contribution in [3.8, 4) is 0 Å². The summed E-state index contributed by atoms with van der Waals surface area (Å²) in [7, 11) is 0.